The van der Waals surface area contributed by atoms with Gasteiger partial charge in [0, 0.05) is 15.7 Å². The van der Waals surface area contributed by atoms with Gasteiger partial charge in [0.1, 0.15) is 0 Å². The van der Waals surface area contributed by atoms with Crippen molar-refractivity contribution in [2.24, 2.45) is 17.8 Å². The predicted molar refractivity (Wildman–Crippen MR) is 257 cm³/mol. The molecule has 0 saturated carbocycles. The van der Waals surface area contributed by atoms with Crippen molar-refractivity contribution in [1.29, 1.82) is 0 Å². The van der Waals surface area contributed by atoms with Crippen molar-refractivity contribution in [3.63, 3.8) is 0 Å². The molecule has 10 heteroatoms. The normalized spacial score (nSPS) is 12.5. The van der Waals surface area contributed by atoms with Crippen LogP contribution >= 0.6 is 37.9 Å². The van der Waals surface area contributed by atoms with Crippen LogP contribution in [0.4, 0.5) is 0 Å². The molecule has 0 heterocycles. The van der Waals surface area contributed by atoms with E-state index in [1.165, 1.54) is 146 Å². The Labute approximate surface area is 390 Å². The van der Waals surface area contributed by atoms with E-state index in [4.69, 9.17) is 0 Å². The molecule has 6 nitrogen and oxygen atoms in total. The summed E-state index contributed by atoms with van der Waals surface area (Å²) in [6, 6.07) is 0. The van der Waals surface area contributed by atoms with Crippen molar-refractivity contribution in [1.82, 2.24) is 0 Å². The summed E-state index contributed by atoms with van der Waals surface area (Å²) in [7, 11) is 0. The first-order valence-corrected chi connectivity index (χ1v) is 27.4. The molecule has 0 aliphatic carbocycles. The van der Waals surface area contributed by atoms with Gasteiger partial charge >= 0.3 is 97.6 Å². The van der Waals surface area contributed by atoms with Crippen LogP contribution in [0.5, 0.6) is 0 Å². The molecule has 0 rings (SSSR count). The predicted octanol–water partition coefficient (Wildman–Crippen LogP) is 11.8. The van der Waals surface area contributed by atoms with Gasteiger partial charge in [-0.25, -0.2) is 0 Å². The summed E-state index contributed by atoms with van der Waals surface area (Å²) in [4.78, 5) is 30.9. The maximum atomic E-state index is 10.3. The SMILES string of the molecule is CC(C)CCCCCC(S)C(=O)[O-].CC(C)CCCCCC(S)C(=O)[O-].CC(C)CCCCCC(S)C(=O)[O-].CCCCCCCCCCCCCCCCC[CH2][Sn+3]. The second kappa shape index (κ2) is 51.6. The quantitative estimate of drug-likeness (QED) is 0.0324. The monoisotopic (exact) mass is 983 g/mol. The average molecular weight is 982 g/mol. The van der Waals surface area contributed by atoms with E-state index >= 15 is 0 Å². The van der Waals surface area contributed by atoms with Crippen LogP contribution in [-0.4, -0.2) is 56.2 Å². The summed E-state index contributed by atoms with van der Waals surface area (Å²) >= 11 is 13.4. The Morgan fingerprint density at radius 3 is 0.741 bits per heavy atom. The van der Waals surface area contributed by atoms with E-state index in [9.17, 15) is 29.7 Å². The fraction of sp³-hybridized carbons (Fsp3) is 0.938. The van der Waals surface area contributed by atoms with Gasteiger partial charge in [-0.2, -0.15) is 37.9 Å². The fourth-order valence-electron chi connectivity index (χ4n) is 6.23. The third kappa shape index (κ3) is 62.9. The number of carboxylic acids is 3. The van der Waals surface area contributed by atoms with Crippen LogP contribution in [0.15, 0.2) is 0 Å². The van der Waals surface area contributed by atoms with Crippen molar-refractivity contribution in [2.45, 2.75) is 268 Å². The Hall–Kier alpha value is 0.259. The Morgan fingerprint density at radius 1 is 0.362 bits per heavy atom. The number of unbranched alkanes of at least 4 members (excludes halogenated alkanes) is 21. The molecule has 3 atom stereocenters. The number of hydrogen-bond donors (Lipinski definition) is 3. The standard InChI is InChI=1S/C18H37.3C10H20O2S.Sn/c1-3-5-7-9-11-13-15-17-18-16-14-12-10-8-6-4-2;3*1-8(2)6-4-3-5-7-9(13)10(11)12;/h1,3-18H2,2H3;3*8-9,13H,3-7H2,1-2H3,(H,11,12);/q;;;;+3/p-3. The fourth-order valence-corrected chi connectivity index (χ4v) is 7.49. The summed E-state index contributed by atoms with van der Waals surface area (Å²) in [5.41, 5.74) is 0. The summed E-state index contributed by atoms with van der Waals surface area (Å²) in [5, 5.41) is 29.1. The maximum absolute atomic E-state index is 10.3. The molecule has 0 spiro atoms. The van der Waals surface area contributed by atoms with Crippen LogP contribution in [0.25, 0.3) is 0 Å². The first kappa shape index (κ1) is 64.9. The average Bonchev–Trinajstić information content (AvgIpc) is 3.16. The van der Waals surface area contributed by atoms with Gasteiger partial charge in [0.25, 0.3) is 0 Å². The van der Waals surface area contributed by atoms with Crippen LogP contribution < -0.4 is 15.3 Å². The molecule has 0 aliphatic heterocycles. The minimum absolute atomic E-state index is 0.584. The summed E-state index contributed by atoms with van der Waals surface area (Å²) in [5.74, 6) is -0.916. The number of carboxylic acid groups (broad SMARTS) is 3. The summed E-state index contributed by atoms with van der Waals surface area (Å²) < 4.78 is 1.46. The molecule has 344 valence electrons. The molecular weight excluding hydrogens is 887 g/mol. The zero-order chi connectivity index (χ0) is 44.8. The van der Waals surface area contributed by atoms with E-state index < -0.39 is 33.7 Å². The van der Waals surface area contributed by atoms with E-state index in [1.54, 1.807) is 22.5 Å². The second-order valence-electron chi connectivity index (χ2n) is 17.7. The molecule has 0 bridgehead atoms. The Bertz CT molecular complexity index is 764. The number of aliphatic carboxylic acids is 3. The van der Waals surface area contributed by atoms with Crippen LogP contribution in [0.3, 0.4) is 0 Å². The number of thiol groups is 3. The van der Waals surface area contributed by atoms with E-state index in [0.717, 1.165) is 56.3 Å². The van der Waals surface area contributed by atoms with E-state index in [-0.39, 0.29) is 0 Å². The first-order valence-electron chi connectivity index (χ1n) is 23.8. The van der Waals surface area contributed by atoms with Crippen molar-refractivity contribution in [3.8, 4) is 0 Å². The first-order chi connectivity index (χ1) is 27.5. The van der Waals surface area contributed by atoms with Crippen LogP contribution in [0, 0.1) is 17.8 Å². The molecule has 0 fully saturated rings. The molecule has 0 aromatic heterocycles. The second-order valence-corrected chi connectivity index (χ2v) is 21.0. The molecule has 0 aromatic rings. The van der Waals surface area contributed by atoms with E-state index in [2.05, 4.69) is 86.4 Å². The van der Waals surface area contributed by atoms with Gasteiger partial charge < -0.3 is 29.7 Å². The van der Waals surface area contributed by atoms with Gasteiger partial charge in [-0.1, -0.05) is 158 Å². The number of hydrogen-bond acceptors (Lipinski definition) is 9. The molecule has 0 N–H and O–H groups in total. The molecular formula is C48H94O6S3Sn. The van der Waals surface area contributed by atoms with Crippen molar-refractivity contribution in [2.75, 3.05) is 0 Å². The molecule has 3 unspecified atom stereocenters. The third-order valence-electron chi connectivity index (χ3n) is 10.1. The number of rotatable bonds is 37. The molecule has 0 radical (unpaired) electrons. The van der Waals surface area contributed by atoms with Gasteiger partial charge in [0.05, 0.1) is 17.9 Å². The molecule has 0 amide bonds. The van der Waals surface area contributed by atoms with E-state index in [1.807, 2.05) is 0 Å². The zero-order valence-corrected chi connectivity index (χ0v) is 44.4. The van der Waals surface area contributed by atoms with Crippen LogP contribution in [-0.2, 0) is 14.4 Å². The van der Waals surface area contributed by atoms with Gasteiger partial charge in [-0.15, -0.1) is 0 Å². The molecule has 0 saturated heterocycles. The zero-order valence-electron chi connectivity index (χ0n) is 38.9. The van der Waals surface area contributed by atoms with Gasteiger partial charge in [0.15, 0.2) is 0 Å². The third-order valence-corrected chi connectivity index (χ3v) is 12.5. The molecule has 0 aliphatic rings. The van der Waals surface area contributed by atoms with Gasteiger partial charge in [-0.05, 0) is 37.0 Å². The van der Waals surface area contributed by atoms with E-state index in [0.29, 0.717) is 19.3 Å². The summed E-state index contributed by atoms with van der Waals surface area (Å²) in [6.07, 6.45) is 38.9. The Balaban J connectivity index is -0.000000341. The van der Waals surface area contributed by atoms with Crippen LogP contribution in [0.1, 0.15) is 248 Å². The minimum atomic E-state index is -1.05. The Morgan fingerprint density at radius 2 is 0.552 bits per heavy atom. The van der Waals surface area contributed by atoms with Crippen molar-refractivity contribution in [3.05, 3.63) is 0 Å². The molecule has 58 heavy (non-hydrogen) atoms. The molecule has 0 aromatic carbocycles. The van der Waals surface area contributed by atoms with Gasteiger partial charge in [0.2, 0.25) is 0 Å². The number of carbonyl (C=O) groups excluding carboxylic acids is 3. The van der Waals surface area contributed by atoms with Crippen LogP contribution in [0.2, 0.25) is 4.44 Å². The topological polar surface area (TPSA) is 120 Å². The summed E-state index contributed by atoms with van der Waals surface area (Å²) in [6.45, 7) is 15.5. The van der Waals surface area contributed by atoms with Crippen molar-refractivity contribution < 1.29 is 29.7 Å². The van der Waals surface area contributed by atoms with Gasteiger partial charge in [-0.3, -0.25) is 0 Å². The van der Waals surface area contributed by atoms with Crippen molar-refractivity contribution >= 4 is 78.3 Å². The Kier molecular flexibility index (Phi) is 57.7. The number of carbonyl (C=O) groups is 3.